The van der Waals surface area contributed by atoms with Gasteiger partial charge in [0, 0.05) is 12.7 Å². The van der Waals surface area contributed by atoms with Gasteiger partial charge in [0.2, 0.25) is 0 Å². The fourth-order valence-electron chi connectivity index (χ4n) is 4.43. The van der Waals surface area contributed by atoms with Crippen LogP contribution in [0.3, 0.4) is 0 Å². The van der Waals surface area contributed by atoms with Crippen molar-refractivity contribution in [2.75, 3.05) is 14.2 Å². The standard InChI is InChI=1S/C23H28N2O5/c1-14-8-10-25(11-9-15-4-6-19(28-2)20(12-15)29-3)23(27)21(14)22(26)24-17-13-16-5-7-18(17)30-16/h4,6,8,10,12,16-18H,5,7,9,11,13H2,1-3H3,(H,24,26)/t16-,17+,18+/m0/s1. The fourth-order valence-corrected chi connectivity index (χ4v) is 4.43. The first kappa shape index (κ1) is 20.5. The minimum atomic E-state index is -0.306. The van der Waals surface area contributed by atoms with E-state index in [4.69, 9.17) is 14.2 Å². The molecule has 1 amide bonds. The molecule has 3 heterocycles. The molecule has 0 spiro atoms. The molecule has 7 nitrogen and oxygen atoms in total. The Bertz CT molecular complexity index is 1000. The van der Waals surface area contributed by atoms with Gasteiger partial charge in [0.25, 0.3) is 11.5 Å². The van der Waals surface area contributed by atoms with Crippen molar-refractivity contribution in [2.24, 2.45) is 0 Å². The highest BCUT2D eigenvalue weighted by atomic mass is 16.5. The third-order valence-electron chi connectivity index (χ3n) is 6.11. The van der Waals surface area contributed by atoms with Crippen LogP contribution in [0.4, 0.5) is 0 Å². The van der Waals surface area contributed by atoms with E-state index in [9.17, 15) is 9.59 Å². The predicted octanol–water partition coefficient (Wildman–Crippen LogP) is 2.47. The number of carbonyl (C=O) groups is 1. The molecule has 1 aromatic heterocycles. The van der Waals surface area contributed by atoms with Crippen LogP contribution in [0.2, 0.25) is 0 Å². The lowest BCUT2D eigenvalue weighted by Gasteiger charge is -2.20. The second-order valence-electron chi connectivity index (χ2n) is 8.00. The minimum absolute atomic E-state index is 0.00419. The van der Waals surface area contributed by atoms with E-state index in [1.807, 2.05) is 24.3 Å². The van der Waals surface area contributed by atoms with E-state index in [-0.39, 0.29) is 35.3 Å². The Morgan fingerprint density at radius 2 is 2.00 bits per heavy atom. The number of nitrogens with one attached hydrogen (secondary N) is 1. The maximum absolute atomic E-state index is 13.0. The molecular formula is C23H28N2O5. The van der Waals surface area contributed by atoms with E-state index < -0.39 is 0 Å². The van der Waals surface area contributed by atoms with Crippen LogP contribution in [0.15, 0.2) is 35.3 Å². The molecule has 2 aliphatic rings. The van der Waals surface area contributed by atoms with Crippen molar-refractivity contribution in [1.82, 2.24) is 9.88 Å². The zero-order chi connectivity index (χ0) is 21.3. The zero-order valence-electron chi connectivity index (χ0n) is 17.6. The summed E-state index contributed by atoms with van der Waals surface area (Å²) in [7, 11) is 3.19. The molecule has 1 aromatic carbocycles. The normalized spacial score (nSPS) is 22.2. The van der Waals surface area contributed by atoms with Crippen LogP contribution in [0.25, 0.3) is 0 Å². The van der Waals surface area contributed by atoms with Gasteiger partial charge in [-0.2, -0.15) is 0 Å². The highest BCUT2D eigenvalue weighted by molar-refractivity contribution is 5.95. The number of benzene rings is 1. The number of hydrogen-bond acceptors (Lipinski definition) is 5. The number of methoxy groups -OCH3 is 2. The number of pyridine rings is 1. The third kappa shape index (κ3) is 3.94. The summed E-state index contributed by atoms with van der Waals surface area (Å²) in [5.74, 6) is 1.01. The Balaban J connectivity index is 1.48. The molecule has 3 atom stereocenters. The summed E-state index contributed by atoms with van der Waals surface area (Å²) in [4.78, 5) is 25.9. The van der Waals surface area contributed by atoms with Gasteiger partial charge in [0.05, 0.1) is 32.5 Å². The molecule has 7 heteroatoms. The molecule has 2 saturated heterocycles. The smallest absolute Gasteiger partial charge is 0.263 e. The van der Waals surface area contributed by atoms with E-state index in [1.54, 1.807) is 31.9 Å². The Kier molecular flexibility index (Phi) is 5.81. The van der Waals surface area contributed by atoms with Crippen molar-refractivity contribution in [3.63, 3.8) is 0 Å². The Hall–Kier alpha value is -2.80. The number of carbonyl (C=O) groups excluding carboxylic acids is 1. The van der Waals surface area contributed by atoms with Crippen molar-refractivity contribution in [3.8, 4) is 11.5 Å². The number of rotatable bonds is 7. The summed E-state index contributed by atoms with van der Waals surface area (Å²) in [6.45, 7) is 2.26. The molecule has 160 valence electrons. The lowest BCUT2D eigenvalue weighted by molar-refractivity contribution is 0.0839. The van der Waals surface area contributed by atoms with E-state index in [0.29, 0.717) is 30.0 Å². The molecule has 0 unspecified atom stereocenters. The van der Waals surface area contributed by atoms with Gasteiger partial charge < -0.3 is 24.1 Å². The topological polar surface area (TPSA) is 78.8 Å². The number of fused-ring (bicyclic) bond motifs is 2. The summed E-state index contributed by atoms with van der Waals surface area (Å²) >= 11 is 0. The van der Waals surface area contributed by atoms with Crippen LogP contribution in [0.1, 0.15) is 40.7 Å². The second kappa shape index (κ2) is 8.52. The van der Waals surface area contributed by atoms with E-state index in [0.717, 1.165) is 24.8 Å². The van der Waals surface area contributed by atoms with Crippen LogP contribution in [0, 0.1) is 6.92 Å². The van der Waals surface area contributed by atoms with Crippen LogP contribution in [0.5, 0.6) is 11.5 Å². The van der Waals surface area contributed by atoms with Gasteiger partial charge in [-0.25, -0.2) is 0 Å². The number of aryl methyl sites for hydroxylation is 3. The lowest BCUT2D eigenvalue weighted by Crippen LogP contribution is -2.44. The molecule has 2 aromatic rings. The average molecular weight is 412 g/mol. The quantitative estimate of drug-likeness (QED) is 0.756. The van der Waals surface area contributed by atoms with Crippen LogP contribution in [-0.4, -0.2) is 42.9 Å². The van der Waals surface area contributed by atoms with Crippen molar-refractivity contribution in [3.05, 3.63) is 57.5 Å². The molecular weight excluding hydrogens is 384 g/mol. The number of amides is 1. The predicted molar refractivity (Wildman–Crippen MR) is 112 cm³/mol. The molecule has 2 bridgehead atoms. The summed E-state index contributed by atoms with van der Waals surface area (Å²) in [6.07, 6.45) is 5.56. The highest BCUT2D eigenvalue weighted by Gasteiger charge is 2.41. The summed E-state index contributed by atoms with van der Waals surface area (Å²) < 4.78 is 18.0. The first-order chi connectivity index (χ1) is 14.5. The largest absolute Gasteiger partial charge is 0.493 e. The second-order valence-corrected chi connectivity index (χ2v) is 8.00. The summed E-state index contributed by atoms with van der Waals surface area (Å²) in [5, 5.41) is 3.03. The van der Waals surface area contributed by atoms with Gasteiger partial charge >= 0.3 is 0 Å². The van der Waals surface area contributed by atoms with Gasteiger partial charge in [-0.3, -0.25) is 9.59 Å². The first-order valence-corrected chi connectivity index (χ1v) is 10.4. The number of aromatic nitrogens is 1. The molecule has 0 saturated carbocycles. The minimum Gasteiger partial charge on any atom is -0.493 e. The van der Waals surface area contributed by atoms with Gasteiger partial charge in [0.15, 0.2) is 11.5 Å². The molecule has 30 heavy (non-hydrogen) atoms. The molecule has 0 aliphatic carbocycles. The van der Waals surface area contributed by atoms with Gasteiger partial charge in [-0.15, -0.1) is 0 Å². The van der Waals surface area contributed by atoms with Crippen LogP contribution >= 0.6 is 0 Å². The van der Waals surface area contributed by atoms with Gasteiger partial charge in [-0.05, 0) is 61.9 Å². The van der Waals surface area contributed by atoms with Crippen molar-refractivity contribution >= 4 is 5.91 Å². The lowest BCUT2D eigenvalue weighted by atomic mass is 9.95. The van der Waals surface area contributed by atoms with E-state index >= 15 is 0 Å². The Morgan fingerprint density at radius 3 is 2.67 bits per heavy atom. The van der Waals surface area contributed by atoms with Crippen molar-refractivity contribution in [2.45, 2.75) is 57.4 Å². The molecule has 4 rings (SSSR count). The molecule has 2 fully saturated rings. The Labute approximate surface area is 175 Å². The number of hydrogen-bond donors (Lipinski definition) is 1. The molecule has 1 N–H and O–H groups in total. The maximum atomic E-state index is 13.0. The van der Waals surface area contributed by atoms with E-state index in [1.165, 1.54) is 0 Å². The monoisotopic (exact) mass is 412 g/mol. The van der Waals surface area contributed by atoms with Crippen molar-refractivity contribution in [1.29, 1.82) is 0 Å². The molecule has 2 aliphatic heterocycles. The number of nitrogens with zero attached hydrogens (tertiary/aromatic N) is 1. The highest BCUT2D eigenvalue weighted by Crippen LogP contribution is 2.34. The van der Waals surface area contributed by atoms with Gasteiger partial charge in [0.1, 0.15) is 5.56 Å². The van der Waals surface area contributed by atoms with Crippen LogP contribution in [-0.2, 0) is 17.7 Å². The molecule has 0 radical (unpaired) electrons. The van der Waals surface area contributed by atoms with E-state index in [2.05, 4.69) is 5.32 Å². The average Bonchev–Trinajstić information content (AvgIpc) is 3.36. The first-order valence-electron chi connectivity index (χ1n) is 10.4. The third-order valence-corrected chi connectivity index (χ3v) is 6.11. The number of ether oxygens (including phenoxy) is 3. The fraction of sp³-hybridized carbons (Fsp3) is 0.478. The maximum Gasteiger partial charge on any atom is 0.263 e. The SMILES string of the molecule is COc1ccc(CCn2ccc(C)c(C(=O)N[C@@H]3C[C@@H]4CC[C@H]3O4)c2=O)cc1OC. The van der Waals surface area contributed by atoms with Gasteiger partial charge in [-0.1, -0.05) is 6.07 Å². The zero-order valence-corrected chi connectivity index (χ0v) is 17.6. The van der Waals surface area contributed by atoms with Crippen molar-refractivity contribution < 1.29 is 19.0 Å². The Morgan fingerprint density at radius 1 is 1.20 bits per heavy atom. The van der Waals surface area contributed by atoms with Crippen LogP contribution < -0.4 is 20.3 Å². The summed E-state index contributed by atoms with van der Waals surface area (Å²) in [5.41, 5.74) is 1.65. The summed E-state index contributed by atoms with van der Waals surface area (Å²) in [6, 6.07) is 7.52.